The van der Waals surface area contributed by atoms with Gasteiger partial charge in [-0.05, 0) is 12.8 Å². The zero-order valence-corrected chi connectivity index (χ0v) is 16.6. The summed E-state index contributed by atoms with van der Waals surface area (Å²) in [5.74, 6) is 1.63. The van der Waals surface area contributed by atoms with E-state index in [2.05, 4.69) is 43.2 Å². The zero-order valence-electron chi connectivity index (χ0n) is 16.6. The molecule has 0 aromatic rings. The van der Waals surface area contributed by atoms with Gasteiger partial charge in [0.25, 0.3) is 0 Å². The van der Waals surface area contributed by atoms with Gasteiger partial charge >= 0.3 is 0 Å². The number of morpholine rings is 1. The monoisotopic (exact) mass is 354 g/mol. The largest absolute Gasteiger partial charge is 0.380 e. The molecule has 0 spiro atoms. The molecule has 0 radical (unpaired) electrons. The molecule has 0 saturated carbocycles. The van der Waals surface area contributed by atoms with Gasteiger partial charge in [-0.15, -0.1) is 0 Å². The highest BCUT2D eigenvalue weighted by molar-refractivity contribution is 5.79. The number of guanidine groups is 1. The number of rotatable bonds is 9. The molecule has 0 bridgehead atoms. The Morgan fingerprint density at radius 1 is 1.08 bits per heavy atom. The van der Waals surface area contributed by atoms with Crippen LogP contribution in [0.15, 0.2) is 4.99 Å². The molecule has 2 aliphatic heterocycles. The van der Waals surface area contributed by atoms with Crippen molar-refractivity contribution in [3.63, 3.8) is 0 Å². The van der Waals surface area contributed by atoms with Crippen LogP contribution in [0, 0.1) is 11.3 Å². The Hall–Kier alpha value is -0.850. The third kappa shape index (κ3) is 6.12. The van der Waals surface area contributed by atoms with Gasteiger partial charge in [-0.2, -0.15) is 0 Å². The molecule has 0 aromatic heterocycles. The molecule has 0 aliphatic carbocycles. The minimum atomic E-state index is 0.210. The molecule has 1 atom stereocenters. The third-order valence-corrected chi connectivity index (χ3v) is 5.45. The second-order valence-corrected chi connectivity index (χ2v) is 7.67. The molecule has 2 rings (SSSR count). The van der Waals surface area contributed by atoms with Crippen molar-refractivity contribution in [2.45, 2.75) is 46.6 Å². The summed E-state index contributed by atoms with van der Waals surface area (Å²) in [5, 5.41) is 7.00. The van der Waals surface area contributed by atoms with Gasteiger partial charge in [0.15, 0.2) is 5.96 Å². The van der Waals surface area contributed by atoms with Crippen LogP contribution >= 0.6 is 0 Å². The Bertz CT molecular complexity index is 402. The summed E-state index contributed by atoms with van der Waals surface area (Å²) in [6.07, 6.45) is 2.42. The first-order valence-corrected chi connectivity index (χ1v) is 10.0. The Labute approximate surface area is 153 Å². The minimum absolute atomic E-state index is 0.210. The fraction of sp³-hybridized carbons (Fsp3) is 0.947. The highest BCUT2D eigenvalue weighted by Crippen LogP contribution is 2.26. The molecule has 6 nitrogen and oxygen atoms in total. The molecule has 25 heavy (non-hydrogen) atoms. The molecule has 6 heteroatoms. The molecule has 2 heterocycles. The predicted molar refractivity (Wildman–Crippen MR) is 103 cm³/mol. The van der Waals surface area contributed by atoms with Crippen LogP contribution in [0.3, 0.4) is 0 Å². The Balaban J connectivity index is 1.95. The maximum atomic E-state index is 5.55. The van der Waals surface area contributed by atoms with Gasteiger partial charge in [0.05, 0.1) is 33.0 Å². The Morgan fingerprint density at radius 3 is 2.28 bits per heavy atom. The molecular formula is C19H38N4O2. The quantitative estimate of drug-likeness (QED) is 0.488. The van der Waals surface area contributed by atoms with Crippen LogP contribution in [0.4, 0.5) is 0 Å². The summed E-state index contributed by atoms with van der Waals surface area (Å²) < 4.78 is 10.9. The van der Waals surface area contributed by atoms with Crippen molar-refractivity contribution in [3.05, 3.63) is 0 Å². The van der Waals surface area contributed by atoms with Crippen LogP contribution in [0.25, 0.3) is 0 Å². The van der Waals surface area contributed by atoms with Crippen LogP contribution in [0.1, 0.15) is 40.5 Å². The van der Waals surface area contributed by atoms with E-state index in [0.717, 1.165) is 65.1 Å². The Morgan fingerprint density at radius 2 is 1.76 bits per heavy atom. The fourth-order valence-corrected chi connectivity index (χ4v) is 3.69. The van der Waals surface area contributed by atoms with Crippen LogP contribution in [0.5, 0.6) is 0 Å². The van der Waals surface area contributed by atoms with Gasteiger partial charge in [0.2, 0.25) is 0 Å². The number of nitrogens with one attached hydrogen (secondary N) is 2. The van der Waals surface area contributed by atoms with Crippen LogP contribution in [-0.4, -0.2) is 76.1 Å². The van der Waals surface area contributed by atoms with Gasteiger partial charge in [-0.25, -0.2) is 0 Å². The molecule has 0 aromatic carbocycles. The normalized spacial score (nSPS) is 22.5. The second kappa shape index (κ2) is 10.3. The van der Waals surface area contributed by atoms with Crippen molar-refractivity contribution >= 4 is 5.96 Å². The number of hydrogen-bond acceptors (Lipinski definition) is 4. The molecule has 0 amide bonds. The molecule has 2 aliphatic rings. The third-order valence-electron chi connectivity index (χ3n) is 5.45. The van der Waals surface area contributed by atoms with Crippen LogP contribution in [0.2, 0.25) is 0 Å². The van der Waals surface area contributed by atoms with E-state index >= 15 is 0 Å². The molecule has 146 valence electrons. The minimum Gasteiger partial charge on any atom is -0.380 e. The van der Waals surface area contributed by atoms with Gasteiger partial charge in [0.1, 0.15) is 0 Å². The van der Waals surface area contributed by atoms with Gasteiger partial charge in [0, 0.05) is 37.6 Å². The first kappa shape index (κ1) is 20.5. The molecule has 2 N–H and O–H groups in total. The van der Waals surface area contributed by atoms with Crippen LogP contribution < -0.4 is 10.6 Å². The van der Waals surface area contributed by atoms with Gasteiger partial charge in [-0.1, -0.05) is 33.6 Å². The SMILES string of the molecule is CCNC(=NCC1(C)COC1)NCC(C(CC)CC)N1CCOCC1. The van der Waals surface area contributed by atoms with E-state index in [4.69, 9.17) is 14.5 Å². The van der Waals surface area contributed by atoms with Crippen molar-refractivity contribution in [3.8, 4) is 0 Å². The number of aliphatic imine (C=N–C) groups is 1. The van der Waals surface area contributed by atoms with Crippen LogP contribution in [-0.2, 0) is 9.47 Å². The Kier molecular flexibility index (Phi) is 8.46. The predicted octanol–water partition coefficient (Wildman–Crippen LogP) is 1.72. The lowest BCUT2D eigenvalue weighted by Crippen LogP contribution is -2.53. The molecular weight excluding hydrogens is 316 g/mol. The zero-order chi connectivity index (χ0) is 18.1. The molecule has 2 saturated heterocycles. The van der Waals surface area contributed by atoms with E-state index in [1.54, 1.807) is 0 Å². The number of hydrogen-bond donors (Lipinski definition) is 2. The average molecular weight is 355 g/mol. The van der Waals surface area contributed by atoms with E-state index in [1.807, 2.05) is 0 Å². The summed E-state index contributed by atoms with van der Waals surface area (Å²) in [6, 6.07) is 0.533. The van der Waals surface area contributed by atoms with E-state index in [-0.39, 0.29) is 5.41 Å². The number of ether oxygens (including phenoxy) is 2. The van der Waals surface area contributed by atoms with Crippen molar-refractivity contribution in [2.75, 3.05) is 59.2 Å². The van der Waals surface area contributed by atoms with E-state index < -0.39 is 0 Å². The standard InChI is InChI=1S/C19H38N4O2/c1-5-16(6-2)17(23-8-10-24-11-9-23)12-21-18(20-7-3)22-13-19(4)14-25-15-19/h16-17H,5-15H2,1-4H3,(H2,20,21,22). The highest BCUT2D eigenvalue weighted by atomic mass is 16.5. The maximum Gasteiger partial charge on any atom is 0.191 e. The number of nitrogens with zero attached hydrogens (tertiary/aromatic N) is 2. The smallest absolute Gasteiger partial charge is 0.191 e. The first-order chi connectivity index (χ1) is 12.1. The fourth-order valence-electron chi connectivity index (χ4n) is 3.69. The van der Waals surface area contributed by atoms with E-state index in [1.165, 1.54) is 12.8 Å². The van der Waals surface area contributed by atoms with Gasteiger partial charge in [-0.3, -0.25) is 9.89 Å². The summed E-state index contributed by atoms with van der Waals surface area (Å²) in [5.41, 5.74) is 0.210. The lowest BCUT2D eigenvalue weighted by molar-refractivity contribution is -0.0945. The summed E-state index contributed by atoms with van der Waals surface area (Å²) in [6.45, 7) is 17.0. The second-order valence-electron chi connectivity index (χ2n) is 7.67. The van der Waals surface area contributed by atoms with E-state index in [9.17, 15) is 0 Å². The summed E-state index contributed by atoms with van der Waals surface area (Å²) in [7, 11) is 0. The van der Waals surface area contributed by atoms with Crippen molar-refractivity contribution < 1.29 is 9.47 Å². The molecule has 1 unspecified atom stereocenters. The van der Waals surface area contributed by atoms with Crippen molar-refractivity contribution in [1.82, 2.24) is 15.5 Å². The average Bonchev–Trinajstić information content (AvgIpc) is 2.62. The summed E-state index contributed by atoms with van der Waals surface area (Å²) in [4.78, 5) is 7.40. The lowest BCUT2D eigenvalue weighted by atomic mass is 9.89. The van der Waals surface area contributed by atoms with Gasteiger partial charge < -0.3 is 20.1 Å². The van der Waals surface area contributed by atoms with Crippen molar-refractivity contribution in [2.24, 2.45) is 16.3 Å². The maximum absolute atomic E-state index is 5.55. The lowest BCUT2D eigenvalue weighted by Gasteiger charge is -2.39. The highest BCUT2D eigenvalue weighted by Gasteiger charge is 2.33. The first-order valence-electron chi connectivity index (χ1n) is 10.0. The van der Waals surface area contributed by atoms with E-state index in [0.29, 0.717) is 12.0 Å². The molecule has 2 fully saturated rings. The summed E-state index contributed by atoms with van der Waals surface area (Å²) >= 11 is 0. The topological polar surface area (TPSA) is 58.1 Å². The van der Waals surface area contributed by atoms with Crippen molar-refractivity contribution in [1.29, 1.82) is 0 Å².